The number of aromatic nitrogens is 1. The summed E-state index contributed by atoms with van der Waals surface area (Å²) < 4.78 is 4.90. The number of likely N-dealkylation sites (tertiary alicyclic amines) is 1. The van der Waals surface area contributed by atoms with E-state index >= 15 is 0 Å². The van der Waals surface area contributed by atoms with Crippen LogP contribution in [0.25, 0.3) is 0 Å². The third kappa shape index (κ3) is 5.65. The van der Waals surface area contributed by atoms with Gasteiger partial charge in [-0.3, -0.25) is 9.59 Å². The fraction of sp³-hybridized carbons (Fsp3) is 0.667. The summed E-state index contributed by atoms with van der Waals surface area (Å²) in [7, 11) is 0. The maximum atomic E-state index is 12.0. The lowest BCUT2D eigenvalue weighted by Crippen LogP contribution is -2.44. The van der Waals surface area contributed by atoms with Crippen LogP contribution in [-0.4, -0.2) is 54.6 Å². The Morgan fingerprint density at radius 1 is 1.52 bits per heavy atom. The lowest BCUT2D eigenvalue weighted by Gasteiger charge is -2.31. The summed E-state index contributed by atoms with van der Waals surface area (Å²) in [6.07, 6.45) is 2.21. The Morgan fingerprint density at radius 3 is 3.04 bits per heavy atom. The Labute approximate surface area is 135 Å². The van der Waals surface area contributed by atoms with Gasteiger partial charge in [0.1, 0.15) is 5.76 Å². The summed E-state index contributed by atoms with van der Waals surface area (Å²) in [6, 6.07) is 1.68. The van der Waals surface area contributed by atoms with Crippen LogP contribution in [0, 0.1) is 12.8 Å². The monoisotopic (exact) mass is 323 g/mol. The topological polar surface area (TPSA) is 113 Å². The molecular weight excluding hydrogens is 298 g/mol. The van der Waals surface area contributed by atoms with Gasteiger partial charge in [-0.15, -0.1) is 0 Å². The molecule has 2 heterocycles. The molecule has 1 unspecified atom stereocenters. The van der Waals surface area contributed by atoms with Gasteiger partial charge in [-0.25, -0.2) is 0 Å². The minimum absolute atomic E-state index is 0.0171. The smallest absolute Gasteiger partial charge is 0.226 e. The SMILES string of the molecule is Cc1cc(NC(=O)CCN2CCCC(C(=O)NCCN)C2)no1. The first kappa shape index (κ1) is 17.4. The van der Waals surface area contributed by atoms with Crippen molar-refractivity contribution in [3.8, 4) is 0 Å². The van der Waals surface area contributed by atoms with Gasteiger partial charge >= 0.3 is 0 Å². The summed E-state index contributed by atoms with van der Waals surface area (Å²) in [5, 5.41) is 9.27. The second-order valence-corrected chi connectivity index (χ2v) is 5.84. The number of carbonyl (C=O) groups excluding carboxylic acids is 2. The van der Waals surface area contributed by atoms with E-state index in [0.29, 0.717) is 44.2 Å². The molecule has 0 radical (unpaired) electrons. The number of piperidine rings is 1. The molecule has 23 heavy (non-hydrogen) atoms. The summed E-state index contributed by atoms with van der Waals surface area (Å²) >= 11 is 0. The second-order valence-electron chi connectivity index (χ2n) is 5.84. The predicted molar refractivity (Wildman–Crippen MR) is 85.7 cm³/mol. The molecule has 1 aromatic rings. The number of nitrogens with one attached hydrogen (secondary N) is 2. The molecule has 2 rings (SSSR count). The summed E-state index contributed by atoms with van der Waals surface area (Å²) in [6.45, 7) is 4.96. The van der Waals surface area contributed by atoms with Gasteiger partial charge in [0.15, 0.2) is 5.82 Å². The fourth-order valence-electron chi connectivity index (χ4n) is 2.70. The van der Waals surface area contributed by atoms with Gasteiger partial charge in [0, 0.05) is 38.7 Å². The Balaban J connectivity index is 1.72. The van der Waals surface area contributed by atoms with Crippen LogP contribution in [0.15, 0.2) is 10.6 Å². The highest BCUT2D eigenvalue weighted by molar-refractivity contribution is 5.89. The van der Waals surface area contributed by atoms with Crippen molar-refractivity contribution in [1.82, 2.24) is 15.4 Å². The van der Waals surface area contributed by atoms with E-state index in [-0.39, 0.29) is 17.7 Å². The fourth-order valence-corrected chi connectivity index (χ4v) is 2.70. The van der Waals surface area contributed by atoms with E-state index in [1.165, 1.54) is 0 Å². The Morgan fingerprint density at radius 2 is 2.35 bits per heavy atom. The maximum absolute atomic E-state index is 12.0. The van der Waals surface area contributed by atoms with Gasteiger partial charge in [0.05, 0.1) is 5.92 Å². The Kier molecular flexibility index (Phi) is 6.54. The molecule has 0 bridgehead atoms. The number of carbonyl (C=O) groups is 2. The van der Waals surface area contributed by atoms with Gasteiger partial charge in [0.2, 0.25) is 11.8 Å². The van der Waals surface area contributed by atoms with Crippen molar-refractivity contribution < 1.29 is 14.1 Å². The average Bonchev–Trinajstić information content (AvgIpc) is 2.95. The predicted octanol–water partition coefficient (Wildman–Crippen LogP) is 0.0985. The van der Waals surface area contributed by atoms with Crippen LogP contribution >= 0.6 is 0 Å². The molecule has 1 saturated heterocycles. The number of nitrogens with zero attached hydrogens (tertiary/aromatic N) is 2. The zero-order valence-electron chi connectivity index (χ0n) is 13.5. The van der Waals surface area contributed by atoms with E-state index < -0.39 is 0 Å². The van der Waals surface area contributed by atoms with Crippen molar-refractivity contribution in [3.63, 3.8) is 0 Å². The van der Waals surface area contributed by atoms with Crippen LogP contribution in [0.4, 0.5) is 5.82 Å². The van der Waals surface area contributed by atoms with Crippen LogP contribution in [0.2, 0.25) is 0 Å². The number of nitrogens with two attached hydrogens (primary N) is 1. The molecule has 128 valence electrons. The quantitative estimate of drug-likeness (QED) is 0.656. The van der Waals surface area contributed by atoms with Crippen molar-refractivity contribution in [2.45, 2.75) is 26.2 Å². The molecule has 0 aliphatic carbocycles. The van der Waals surface area contributed by atoms with Gasteiger partial charge in [-0.1, -0.05) is 5.16 Å². The van der Waals surface area contributed by atoms with Crippen molar-refractivity contribution in [3.05, 3.63) is 11.8 Å². The van der Waals surface area contributed by atoms with Crippen molar-refractivity contribution in [1.29, 1.82) is 0 Å². The van der Waals surface area contributed by atoms with Gasteiger partial charge in [-0.05, 0) is 26.3 Å². The lowest BCUT2D eigenvalue weighted by atomic mass is 9.97. The zero-order chi connectivity index (χ0) is 16.7. The maximum Gasteiger partial charge on any atom is 0.226 e. The van der Waals surface area contributed by atoms with Crippen molar-refractivity contribution in [2.75, 3.05) is 38.0 Å². The molecule has 1 fully saturated rings. The minimum atomic E-state index is -0.104. The van der Waals surface area contributed by atoms with E-state index in [1.54, 1.807) is 13.0 Å². The number of hydrogen-bond donors (Lipinski definition) is 3. The summed E-state index contributed by atoms with van der Waals surface area (Å²) in [5.74, 6) is 1.03. The molecule has 0 aromatic carbocycles. The van der Waals surface area contributed by atoms with Crippen molar-refractivity contribution >= 4 is 17.6 Å². The molecule has 4 N–H and O–H groups in total. The first-order valence-electron chi connectivity index (χ1n) is 8.02. The lowest BCUT2D eigenvalue weighted by molar-refractivity contribution is -0.126. The van der Waals surface area contributed by atoms with E-state index in [4.69, 9.17) is 10.3 Å². The van der Waals surface area contributed by atoms with Gasteiger partial charge in [-0.2, -0.15) is 0 Å². The Bertz CT molecular complexity index is 531. The minimum Gasteiger partial charge on any atom is -0.360 e. The molecule has 8 nitrogen and oxygen atoms in total. The third-order valence-electron chi connectivity index (χ3n) is 3.87. The van der Waals surface area contributed by atoms with Gasteiger partial charge in [0.25, 0.3) is 0 Å². The second kappa shape index (κ2) is 8.64. The molecule has 1 aromatic heterocycles. The van der Waals surface area contributed by atoms with Crippen LogP contribution in [0.3, 0.4) is 0 Å². The first-order valence-corrected chi connectivity index (χ1v) is 8.02. The van der Waals surface area contributed by atoms with Crippen LogP contribution < -0.4 is 16.4 Å². The first-order chi connectivity index (χ1) is 11.1. The molecule has 1 aliphatic rings. The highest BCUT2D eigenvalue weighted by Crippen LogP contribution is 2.17. The van der Waals surface area contributed by atoms with Crippen LogP contribution in [-0.2, 0) is 9.59 Å². The molecular formula is C15H25N5O3. The third-order valence-corrected chi connectivity index (χ3v) is 3.87. The van der Waals surface area contributed by atoms with E-state index in [1.807, 2.05) is 0 Å². The van der Waals surface area contributed by atoms with E-state index in [0.717, 1.165) is 19.4 Å². The molecule has 8 heteroatoms. The highest BCUT2D eigenvalue weighted by atomic mass is 16.5. The zero-order valence-corrected chi connectivity index (χ0v) is 13.5. The standard InChI is InChI=1S/C15H25N5O3/c1-11-9-13(19-23-11)18-14(21)4-8-20-7-2-3-12(10-20)15(22)17-6-5-16/h9,12H,2-8,10,16H2,1H3,(H,17,22)(H,18,19,21). The molecule has 1 aliphatic heterocycles. The summed E-state index contributed by atoms with van der Waals surface area (Å²) in [4.78, 5) is 26.1. The van der Waals surface area contributed by atoms with Crippen molar-refractivity contribution in [2.24, 2.45) is 11.7 Å². The largest absolute Gasteiger partial charge is 0.360 e. The number of hydrogen-bond acceptors (Lipinski definition) is 6. The molecule has 1 atom stereocenters. The summed E-state index contributed by atoms with van der Waals surface area (Å²) in [5.41, 5.74) is 5.40. The number of amides is 2. The molecule has 0 spiro atoms. The molecule has 2 amide bonds. The van der Waals surface area contributed by atoms with Gasteiger partial charge < -0.3 is 25.8 Å². The van der Waals surface area contributed by atoms with Crippen LogP contribution in [0.1, 0.15) is 25.0 Å². The number of anilines is 1. The normalized spacial score (nSPS) is 18.6. The van der Waals surface area contributed by atoms with E-state index in [9.17, 15) is 9.59 Å². The Hall–Kier alpha value is -1.93. The average molecular weight is 323 g/mol. The highest BCUT2D eigenvalue weighted by Gasteiger charge is 2.25. The number of aryl methyl sites for hydroxylation is 1. The molecule has 0 saturated carbocycles. The van der Waals surface area contributed by atoms with E-state index in [2.05, 4.69) is 20.7 Å². The van der Waals surface area contributed by atoms with Crippen LogP contribution in [0.5, 0.6) is 0 Å². The number of rotatable bonds is 7.